The molecule has 1 aliphatic heterocycles. The average molecular weight is 426 g/mol. The molecule has 0 bridgehead atoms. The van der Waals surface area contributed by atoms with Crippen molar-refractivity contribution in [2.24, 2.45) is 5.92 Å². The fraction of sp³-hybridized carbons (Fsp3) is 0.364. The van der Waals surface area contributed by atoms with Crippen LogP contribution in [0.5, 0.6) is 0 Å². The van der Waals surface area contributed by atoms with Crippen LogP contribution >= 0.6 is 15.9 Å². The van der Waals surface area contributed by atoms with Crippen LogP contribution in [0, 0.1) is 5.92 Å². The molecule has 2 aromatic carbocycles. The van der Waals surface area contributed by atoms with E-state index in [1.807, 2.05) is 35.2 Å². The highest BCUT2D eigenvalue weighted by molar-refractivity contribution is 9.10. The van der Waals surface area contributed by atoms with E-state index >= 15 is 0 Å². The first-order valence-electron chi connectivity index (χ1n) is 9.58. The Morgan fingerprint density at radius 2 is 1.93 bits per heavy atom. The van der Waals surface area contributed by atoms with Gasteiger partial charge in [0.15, 0.2) is 0 Å². The molecule has 4 nitrogen and oxygen atoms in total. The molecular weight excluding hydrogens is 402 g/mol. The zero-order valence-corrected chi connectivity index (χ0v) is 17.3. The summed E-state index contributed by atoms with van der Waals surface area (Å²) in [5.74, 6) is 1.91. The highest BCUT2D eigenvalue weighted by atomic mass is 79.9. The Morgan fingerprint density at radius 1 is 1.19 bits per heavy atom. The largest absolute Gasteiger partial charge is 0.327 e. The van der Waals surface area contributed by atoms with E-state index in [1.54, 1.807) is 0 Å². The van der Waals surface area contributed by atoms with E-state index in [1.165, 1.54) is 5.52 Å². The minimum atomic E-state index is 0.123. The molecule has 1 fully saturated rings. The quantitative estimate of drug-likeness (QED) is 0.551. The molecule has 1 aliphatic rings. The number of benzene rings is 2. The van der Waals surface area contributed by atoms with Crippen molar-refractivity contribution in [3.63, 3.8) is 0 Å². The van der Waals surface area contributed by atoms with Gasteiger partial charge in [0.25, 0.3) is 0 Å². The van der Waals surface area contributed by atoms with Crippen LogP contribution in [-0.4, -0.2) is 22.0 Å². The van der Waals surface area contributed by atoms with E-state index in [0.29, 0.717) is 18.9 Å². The van der Waals surface area contributed by atoms with Crippen LogP contribution in [0.2, 0.25) is 0 Å². The molecule has 5 heteroatoms. The first-order valence-corrected chi connectivity index (χ1v) is 10.4. The second-order valence-electron chi connectivity index (χ2n) is 7.46. The van der Waals surface area contributed by atoms with Crippen molar-refractivity contribution in [3.05, 3.63) is 58.8 Å². The summed E-state index contributed by atoms with van der Waals surface area (Å²) in [4.78, 5) is 19.6. The number of carbonyl (C=O) groups is 1. The summed E-state index contributed by atoms with van der Waals surface area (Å²) in [5.41, 5.74) is 3.14. The monoisotopic (exact) mass is 425 g/mol. The van der Waals surface area contributed by atoms with Crippen LogP contribution in [-0.2, 0) is 11.3 Å². The smallest absolute Gasteiger partial charge is 0.227 e. The van der Waals surface area contributed by atoms with Crippen molar-refractivity contribution in [3.8, 4) is 0 Å². The number of rotatable bonds is 5. The number of fused-ring (bicyclic) bond motifs is 1. The maximum Gasteiger partial charge on any atom is 0.227 e. The second kappa shape index (κ2) is 7.47. The van der Waals surface area contributed by atoms with Gasteiger partial charge in [0.05, 0.1) is 11.0 Å². The van der Waals surface area contributed by atoms with E-state index in [0.717, 1.165) is 34.5 Å². The van der Waals surface area contributed by atoms with E-state index in [9.17, 15) is 4.79 Å². The Bertz CT molecular complexity index is 963. The predicted molar refractivity (Wildman–Crippen MR) is 113 cm³/mol. The predicted octanol–water partition coefficient (Wildman–Crippen LogP) is 5.37. The summed E-state index contributed by atoms with van der Waals surface area (Å²) < 4.78 is 3.36. The molecular formula is C22H24BrN3O. The first kappa shape index (κ1) is 18.2. The third kappa shape index (κ3) is 3.53. The van der Waals surface area contributed by atoms with E-state index in [2.05, 4.69) is 52.5 Å². The molecule has 2 unspecified atom stereocenters. The second-order valence-corrected chi connectivity index (χ2v) is 8.38. The lowest BCUT2D eigenvalue weighted by molar-refractivity contribution is -0.117. The number of nitrogens with zero attached hydrogens (tertiary/aromatic N) is 3. The Kier molecular flexibility index (Phi) is 5.04. The average Bonchev–Trinajstić information content (AvgIpc) is 3.23. The Hall–Kier alpha value is -2.14. The minimum Gasteiger partial charge on any atom is -0.327 e. The number of anilines is 1. The zero-order valence-electron chi connectivity index (χ0n) is 15.7. The third-order valence-corrected chi connectivity index (χ3v) is 6.03. The summed E-state index contributed by atoms with van der Waals surface area (Å²) in [7, 11) is 0. The number of hydrogen-bond donors (Lipinski definition) is 0. The molecule has 3 aromatic rings. The van der Waals surface area contributed by atoms with Crippen molar-refractivity contribution in [1.82, 2.24) is 9.55 Å². The Morgan fingerprint density at radius 3 is 2.67 bits per heavy atom. The van der Waals surface area contributed by atoms with Crippen molar-refractivity contribution < 1.29 is 4.79 Å². The van der Waals surface area contributed by atoms with Crippen molar-refractivity contribution in [2.75, 3.05) is 11.4 Å². The van der Waals surface area contributed by atoms with Gasteiger partial charge in [-0.3, -0.25) is 4.79 Å². The Balaban J connectivity index is 1.69. The van der Waals surface area contributed by atoms with Gasteiger partial charge in [-0.05, 0) is 42.3 Å². The first-order chi connectivity index (χ1) is 13.1. The molecule has 27 heavy (non-hydrogen) atoms. The topological polar surface area (TPSA) is 38.1 Å². The van der Waals surface area contributed by atoms with Crippen molar-refractivity contribution in [1.29, 1.82) is 0 Å². The van der Waals surface area contributed by atoms with Crippen LogP contribution in [0.25, 0.3) is 11.0 Å². The van der Waals surface area contributed by atoms with Crippen LogP contribution in [0.15, 0.2) is 53.0 Å². The fourth-order valence-electron chi connectivity index (χ4n) is 3.79. The number of aromatic nitrogens is 2. The summed E-state index contributed by atoms with van der Waals surface area (Å²) in [6, 6.07) is 16.2. The van der Waals surface area contributed by atoms with Gasteiger partial charge < -0.3 is 9.47 Å². The summed E-state index contributed by atoms with van der Waals surface area (Å²) in [6.45, 7) is 6.12. The zero-order chi connectivity index (χ0) is 19.0. The van der Waals surface area contributed by atoms with E-state index in [-0.39, 0.29) is 11.8 Å². The van der Waals surface area contributed by atoms with E-state index in [4.69, 9.17) is 4.98 Å². The van der Waals surface area contributed by atoms with Gasteiger partial charge in [-0.2, -0.15) is 0 Å². The van der Waals surface area contributed by atoms with Gasteiger partial charge in [0.2, 0.25) is 5.91 Å². The minimum absolute atomic E-state index is 0.123. The lowest BCUT2D eigenvalue weighted by Crippen LogP contribution is -2.24. The van der Waals surface area contributed by atoms with E-state index < -0.39 is 0 Å². The van der Waals surface area contributed by atoms with Gasteiger partial charge in [-0.25, -0.2) is 4.98 Å². The molecule has 0 radical (unpaired) electrons. The molecule has 2 atom stereocenters. The Labute approximate surface area is 168 Å². The summed E-state index contributed by atoms with van der Waals surface area (Å²) >= 11 is 3.46. The van der Waals surface area contributed by atoms with Crippen molar-refractivity contribution in [2.45, 2.75) is 39.2 Å². The number of halogens is 1. The lowest BCUT2D eigenvalue weighted by Gasteiger charge is -2.18. The standard InChI is InChI=1S/C22H24BrN3O/c1-3-15(2)13-26-20-7-5-4-6-19(20)24-22(26)16-12-21(27)25(14-16)18-10-8-17(23)9-11-18/h4-11,15-16H,3,12-14H2,1-2H3. The van der Waals surface area contributed by atoms with Crippen LogP contribution in [0.3, 0.4) is 0 Å². The van der Waals surface area contributed by atoms with Crippen LogP contribution < -0.4 is 4.90 Å². The molecule has 0 spiro atoms. The molecule has 2 heterocycles. The number of amides is 1. The van der Waals surface area contributed by atoms with Gasteiger partial charge >= 0.3 is 0 Å². The summed E-state index contributed by atoms with van der Waals surface area (Å²) in [5, 5.41) is 0. The van der Waals surface area contributed by atoms with Gasteiger partial charge in [-0.15, -0.1) is 0 Å². The van der Waals surface area contributed by atoms with Gasteiger partial charge in [0, 0.05) is 35.6 Å². The maximum atomic E-state index is 12.7. The SMILES string of the molecule is CCC(C)Cn1c(C2CC(=O)N(c3ccc(Br)cc3)C2)nc2ccccc21. The number of imidazole rings is 1. The van der Waals surface area contributed by atoms with Gasteiger partial charge in [0.1, 0.15) is 5.82 Å². The normalized spacial score (nSPS) is 18.4. The molecule has 1 amide bonds. The molecule has 1 saturated heterocycles. The molecule has 4 rings (SSSR count). The van der Waals surface area contributed by atoms with Crippen LogP contribution in [0.1, 0.15) is 38.4 Å². The molecule has 0 N–H and O–H groups in total. The summed E-state index contributed by atoms with van der Waals surface area (Å²) in [6.07, 6.45) is 1.64. The van der Waals surface area contributed by atoms with Gasteiger partial charge in [-0.1, -0.05) is 48.3 Å². The highest BCUT2D eigenvalue weighted by Gasteiger charge is 2.34. The molecule has 1 aromatic heterocycles. The number of para-hydroxylation sites is 2. The fourth-order valence-corrected chi connectivity index (χ4v) is 4.05. The lowest BCUT2D eigenvalue weighted by atomic mass is 10.1. The van der Waals surface area contributed by atoms with Crippen LogP contribution in [0.4, 0.5) is 5.69 Å². The third-order valence-electron chi connectivity index (χ3n) is 5.50. The molecule has 0 aliphatic carbocycles. The molecule has 140 valence electrons. The van der Waals surface area contributed by atoms with Crippen molar-refractivity contribution >= 4 is 38.6 Å². The number of carbonyl (C=O) groups excluding carboxylic acids is 1. The number of hydrogen-bond acceptors (Lipinski definition) is 2. The highest BCUT2D eigenvalue weighted by Crippen LogP contribution is 2.34. The molecule has 0 saturated carbocycles. The maximum absolute atomic E-state index is 12.7.